The van der Waals surface area contributed by atoms with E-state index in [9.17, 15) is 0 Å². The van der Waals surface area contributed by atoms with Crippen LogP contribution in [-0.2, 0) is 13.0 Å². The number of hydrogen-bond donors (Lipinski definition) is 1. The largest absolute Gasteiger partial charge is 0.469 e. The van der Waals surface area contributed by atoms with Crippen LogP contribution in [0.5, 0.6) is 0 Å². The minimum absolute atomic E-state index is 0.898. The van der Waals surface area contributed by atoms with E-state index >= 15 is 0 Å². The molecule has 0 amide bonds. The second-order valence-electron chi connectivity index (χ2n) is 3.34. The summed E-state index contributed by atoms with van der Waals surface area (Å²) in [4.78, 5) is 1.32. The molecule has 0 unspecified atom stereocenters. The Hall–Kier alpha value is -0.100. The summed E-state index contributed by atoms with van der Waals surface area (Å²) in [5, 5.41) is 3.39. The van der Waals surface area contributed by atoms with Crippen LogP contribution in [0, 0.1) is 0 Å². The molecule has 0 saturated heterocycles. The van der Waals surface area contributed by atoms with Gasteiger partial charge in [-0.05, 0) is 50.1 Å². The van der Waals surface area contributed by atoms with Crippen LogP contribution in [0.3, 0.4) is 0 Å². The predicted molar refractivity (Wildman–Crippen MR) is 73.8 cm³/mol. The molecule has 0 atom stereocenters. The number of furan rings is 1. The number of thiophene rings is 1. The van der Waals surface area contributed by atoms with Gasteiger partial charge < -0.3 is 9.73 Å². The lowest BCUT2D eigenvalue weighted by Gasteiger charge is -2.00. The average molecular weight is 365 g/mol. The van der Waals surface area contributed by atoms with E-state index in [4.69, 9.17) is 4.42 Å². The molecule has 86 valence electrons. The molecule has 2 heterocycles. The van der Waals surface area contributed by atoms with Crippen LogP contribution in [0.25, 0.3) is 0 Å². The highest BCUT2D eigenvalue weighted by Gasteiger charge is 2.03. The molecule has 2 aromatic rings. The summed E-state index contributed by atoms with van der Waals surface area (Å²) in [6.07, 6.45) is 2.64. The molecule has 2 nitrogen and oxygen atoms in total. The summed E-state index contributed by atoms with van der Waals surface area (Å²) in [6.45, 7) is 1.83. The lowest BCUT2D eigenvalue weighted by Crippen LogP contribution is -2.15. The van der Waals surface area contributed by atoms with Crippen molar-refractivity contribution in [3.05, 3.63) is 43.4 Å². The fourth-order valence-corrected chi connectivity index (χ4v) is 3.50. The Balaban J connectivity index is 1.72. The highest BCUT2D eigenvalue weighted by molar-refractivity contribution is 9.13. The second kappa shape index (κ2) is 6.00. The number of rotatable bonds is 5. The molecule has 0 bridgehead atoms. The van der Waals surface area contributed by atoms with E-state index in [0.717, 1.165) is 33.5 Å². The third-order valence-corrected chi connectivity index (χ3v) is 5.38. The van der Waals surface area contributed by atoms with Gasteiger partial charge >= 0.3 is 0 Å². The Morgan fingerprint density at radius 2 is 2.25 bits per heavy atom. The second-order valence-corrected chi connectivity index (χ2v) is 6.65. The van der Waals surface area contributed by atoms with Crippen LogP contribution in [-0.4, -0.2) is 6.54 Å². The van der Waals surface area contributed by atoms with Gasteiger partial charge in [0.2, 0.25) is 0 Å². The SMILES string of the molecule is Brc1cc(CNCCc2ccco2)sc1Br. The van der Waals surface area contributed by atoms with Gasteiger partial charge in [0.15, 0.2) is 0 Å². The quantitative estimate of drug-likeness (QED) is 0.804. The topological polar surface area (TPSA) is 25.2 Å². The van der Waals surface area contributed by atoms with Crippen LogP contribution < -0.4 is 5.32 Å². The van der Waals surface area contributed by atoms with E-state index < -0.39 is 0 Å². The number of halogens is 2. The van der Waals surface area contributed by atoms with Gasteiger partial charge in [0.1, 0.15) is 5.76 Å². The summed E-state index contributed by atoms with van der Waals surface area (Å²) in [6, 6.07) is 6.05. The van der Waals surface area contributed by atoms with Crippen molar-refractivity contribution in [1.82, 2.24) is 5.32 Å². The van der Waals surface area contributed by atoms with E-state index in [-0.39, 0.29) is 0 Å². The van der Waals surface area contributed by atoms with E-state index in [0.29, 0.717) is 0 Å². The summed E-state index contributed by atoms with van der Waals surface area (Å²) in [5.41, 5.74) is 0. The third-order valence-electron chi connectivity index (χ3n) is 2.12. The predicted octanol–water partition coefficient (Wildman–Crippen LogP) is 4.20. The normalized spacial score (nSPS) is 10.9. The lowest BCUT2D eigenvalue weighted by molar-refractivity contribution is 0.499. The Kier molecular flexibility index (Phi) is 4.64. The zero-order valence-corrected chi connectivity index (χ0v) is 12.5. The molecule has 16 heavy (non-hydrogen) atoms. The van der Waals surface area contributed by atoms with Crippen molar-refractivity contribution in [1.29, 1.82) is 0 Å². The summed E-state index contributed by atoms with van der Waals surface area (Å²) in [7, 11) is 0. The van der Waals surface area contributed by atoms with Crippen molar-refractivity contribution in [3.63, 3.8) is 0 Å². The van der Waals surface area contributed by atoms with Crippen molar-refractivity contribution < 1.29 is 4.42 Å². The van der Waals surface area contributed by atoms with Gasteiger partial charge in [0.05, 0.1) is 10.0 Å². The van der Waals surface area contributed by atoms with Crippen LogP contribution in [0.1, 0.15) is 10.6 Å². The summed E-state index contributed by atoms with van der Waals surface area (Å²) < 4.78 is 7.53. The zero-order chi connectivity index (χ0) is 11.4. The highest BCUT2D eigenvalue weighted by Crippen LogP contribution is 2.32. The van der Waals surface area contributed by atoms with Crippen molar-refractivity contribution in [2.45, 2.75) is 13.0 Å². The van der Waals surface area contributed by atoms with E-state index in [2.05, 4.69) is 43.2 Å². The zero-order valence-electron chi connectivity index (χ0n) is 8.50. The molecule has 1 N–H and O–H groups in total. The summed E-state index contributed by atoms with van der Waals surface area (Å²) >= 11 is 8.71. The minimum Gasteiger partial charge on any atom is -0.469 e. The maximum Gasteiger partial charge on any atom is 0.105 e. The van der Waals surface area contributed by atoms with E-state index in [1.165, 1.54) is 4.88 Å². The molecule has 0 aliphatic carbocycles. The van der Waals surface area contributed by atoms with Crippen LogP contribution in [0.4, 0.5) is 0 Å². The van der Waals surface area contributed by atoms with Crippen molar-refractivity contribution in [3.8, 4) is 0 Å². The Labute approximate surface area is 115 Å². The lowest BCUT2D eigenvalue weighted by atomic mass is 10.3. The minimum atomic E-state index is 0.898. The maximum atomic E-state index is 5.26. The van der Waals surface area contributed by atoms with E-state index in [1.807, 2.05) is 12.1 Å². The van der Waals surface area contributed by atoms with Gasteiger partial charge in [-0.2, -0.15) is 0 Å². The molecule has 0 radical (unpaired) electrons. The smallest absolute Gasteiger partial charge is 0.105 e. The van der Waals surface area contributed by atoms with Gasteiger partial charge in [-0.25, -0.2) is 0 Å². The number of hydrogen-bond acceptors (Lipinski definition) is 3. The summed E-state index contributed by atoms with van der Waals surface area (Å²) in [5.74, 6) is 1.03. The Bertz CT molecular complexity index is 419. The standard InChI is InChI=1S/C11H11Br2NOS/c12-10-6-9(16-11(10)13)7-14-4-3-8-2-1-5-15-8/h1-2,5-6,14H,3-4,7H2. The average Bonchev–Trinajstić information content (AvgIpc) is 2.85. The van der Waals surface area contributed by atoms with Gasteiger partial charge in [0, 0.05) is 28.9 Å². The maximum absolute atomic E-state index is 5.26. The Morgan fingerprint density at radius 3 is 2.88 bits per heavy atom. The van der Waals surface area contributed by atoms with Gasteiger partial charge in [-0.15, -0.1) is 11.3 Å². The molecular weight excluding hydrogens is 354 g/mol. The fraction of sp³-hybridized carbons (Fsp3) is 0.273. The van der Waals surface area contributed by atoms with Crippen LogP contribution in [0.15, 0.2) is 37.1 Å². The molecule has 0 spiro atoms. The van der Waals surface area contributed by atoms with Gasteiger partial charge in [-0.1, -0.05) is 0 Å². The molecule has 0 fully saturated rings. The third kappa shape index (κ3) is 3.45. The molecule has 0 aliphatic heterocycles. The van der Waals surface area contributed by atoms with Crippen molar-refractivity contribution in [2.24, 2.45) is 0 Å². The number of nitrogens with one attached hydrogen (secondary N) is 1. The van der Waals surface area contributed by atoms with Crippen LogP contribution in [0.2, 0.25) is 0 Å². The molecule has 2 rings (SSSR count). The first kappa shape index (κ1) is 12.4. The fourth-order valence-electron chi connectivity index (χ4n) is 1.36. The highest BCUT2D eigenvalue weighted by atomic mass is 79.9. The first-order chi connectivity index (χ1) is 7.75. The molecule has 2 aromatic heterocycles. The molecule has 0 saturated carbocycles. The first-order valence-corrected chi connectivity index (χ1v) is 7.33. The molecule has 5 heteroatoms. The Morgan fingerprint density at radius 1 is 1.38 bits per heavy atom. The van der Waals surface area contributed by atoms with Crippen LogP contribution >= 0.6 is 43.2 Å². The molecule has 0 aliphatic rings. The molecular formula is C11H11Br2NOS. The monoisotopic (exact) mass is 363 g/mol. The van der Waals surface area contributed by atoms with Gasteiger partial charge in [-0.3, -0.25) is 0 Å². The van der Waals surface area contributed by atoms with E-state index in [1.54, 1.807) is 17.6 Å². The first-order valence-electron chi connectivity index (χ1n) is 4.92. The van der Waals surface area contributed by atoms with Gasteiger partial charge in [0.25, 0.3) is 0 Å². The van der Waals surface area contributed by atoms with Crippen molar-refractivity contribution in [2.75, 3.05) is 6.54 Å². The molecule has 0 aromatic carbocycles. The van der Waals surface area contributed by atoms with Crippen molar-refractivity contribution >= 4 is 43.2 Å².